The van der Waals surface area contributed by atoms with Crippen LogP contribution in [0.1, 0.15) is 0 Å². The highest BCUT2D eigenvalue weighted by atomic mass is 32.2. The molecule has 0 saturated carbocycles. The predicted molar refractivity (Wildman–Crippen MR) is 59.8 cm³/mol. The van der Waals surface area contributed by atoms with E-state index in [1.54, 1.807) is 0 Å². The number of nitrogens with two attached hydrogens (primary N) is 1. The Hall–Kier alpha value is -2.07. The van der Waals surface area contributed by atoms with Gasteiger partial charge in [0.15, 0.2) is 5.82 Å². The molecule has 0 aromatic carbocycles. The maximum Gasteiger partial charge on any atom is 0.318 e. The molecule has 10 heteroatoms. The molecule has 0 aliphatic rings. The van der Waals surface area contributed by atoms with Crippen molar-refractivity contribution in [1.82, 2.24) is 9.29 Å². The fraction of sp³-hybridized carbons (Fsp3) is 0.222. The first-order valence-electron chi connectivity index (χ1n) is 4.86. The number of rotatable bonds is 6. The summed E-state index contributed by atoms with van der Waals surface area (Å²) in [4.78, 5) is 24.7. The van der Waals surface area contributed by atoms with Gasteiger partial charge < -0.3 is 10.8 Å². The Kier molecular flexibility index (Phi) is 4.51. The number of primary amides is 1. The molecule has 0 bridgehead atoms. The first kappa shape index (κ1) is 15.0. The summed E-state index contributed by atoms with van der Waals surface area (Å²) in [6.45, 7) is -1.91. The minimum atomic E-state index is -4.56. The van der Waals surface area contributed by atoms with E-state index in [2.05, 4.69) is 4.98 Å². The second-order valence-electron chi connectivity index (χ2n) is 3.42. The van der Waals surface area contributed by atoms with Crippen LogP contribution >= 0.6 is 0 Å². The van der Waals surface area contributed by atoms with Crippen LogP contribution in [0, 0.1) is 5.82 Å². The molecule has 0 unspecified atom stereocenters. The molecule has 1 amide bonds. The number of nitrogens with zero attached hydrogens (tertiary/aromatic N) is 2. The maximum absolute atomic E-state index is 13.4. The number of halogens is 1. The number of hydrogen-bond acceptors (Lipinski definition) is 5. The first-order chi connectivity index (χ1) is 8.75. The number of carboxylic acid groups (broad SMARTS) is 1. The van der Waals surface area contributed by atoms with Crippen molar-refractivity contribution in [3.8, 4) is 0 Å². The van der Waals surface area contributed by atoms with Crippen LogP contribution in [0.4, 0.5) is 4.39 Å². The van der Waals surface area contributed by atoms with Crippen molar-refractivity contribution in [2.75, 3.05) is 13.1 Å². The summed E-state index contributed by atoms with van der Waals surface area (Å²) < 4.78 is 37.6. The summed E-state index contributed by atoms with van der Waals surface area (Å²) in [6.07, 6.45) is 1.03. The zero-order valence-electron chi connectivity index (χ0n) is 9.48. The van der Waals surface area contributed by atoms with Gasteiger partial charge in [-0.25, -0.2) is 17.8 Å². The van der Waals surface area contributed by atoms with Crippen molar-refractivity contribution in [2.24, 2.45) is 5.73 Å². The molecular formula is C9H10FN3O5S. The van der Waals surface area contributed by atoms with Crippen LogP contribution in [0.5, 0.6) is 0 Å². The van der Waals surface area contributed by atoms with E-state index in [4.69, 9.17) is 10.8 Å². The summed E-state index contributed by atoms with van der Waals surface area (Å²) in [5, 5.41) is 7.64. The second-order valence-corrected chi connectivity index (χ2v) is 5.28. The number of carboxylic acids is 1. The molecule has 19 heavy (non-hydrogen) atoms. The number of aliphatic carboxylic acids is 1. The van der Waals surface area contributed by atoms with Gasteiger partial charge in [0.05, 0.1) is 6.54 Å². The summed E-state index contributed by atoms with van der Waals surface area (Å²) in [5.41, 5.74) is 4.83. The normalized spacial score (nSPS) is 11.5. The molecule has 0 aliphatic carbocycles. The van der Waals surface area contributed by atoms with Crippen LogP contribution in [-0.4, -0.2) is 47.8 Å². The van der Waals surface area contributed by atoms with Crippen molar-refractivity contribution in [1.29, 1.82) is 0 Å². The fourth-order valence-corrected chi connectivity index (χ4v) is 2.56. The van der Waals surface area contributed by atoms with E-state index in [1.807, 2.05) is 0 Å². The molecule has 3 N–H and O–H groups in total. The van der Waals surface area contributed by atoms with Gasteiger partial charge in [0.1, 0.15) is 6.54 Å². The van der Waals surface area contributed by atoms with Crippen LogP contribution in [-0.2, 0) is 19.6 Å². The van der Waals surface area contributed by atoms with Crippen LogP contribution in [0.3, 0.4) is 0 Å². The number of aromatic nitrogens is 1. The second kappa shape index (κ2) is 5.71. The highest BCUT2D eigenvalue weighted by Gasteiger charge is 2.31. The molecule has 104 valence electrons. The average molecular weight is 291 g/mol. The Morgan fingerprint density at radius 2 is 2.05 bits per heavy atom. The Morgan fingerprint density at radius 1 is 1.42 bits per heavy atom. The van der Waals surface area contributed by atoms with Gasteiger partial charge in [-0.2, -0.15) is 4.31 Å². The van der Waals surface area contributed by atoms with E-state index < -0.39 is 45.8 Å². The summed E-state index contributed by atoms with van der Waals surface area (Å²) in [6, 6.07) is 2.02. The molecule has 0 radical (unpaired) electrons. The largest absolute Gasteiger partial charge is 0.480 e. The molecule has 0 atom stereocenters. The quantitative estimate of drug-likeness (QED) is 0.675. The SMILES string of the molecule is NC(=O)CN(CC(=O)O)S(=O)(=O)c1ncccc1F. The molecule has 0 aliphatic heterocycles. The van der Waals surface area contributed by atoms with Gasteiger partial charge in [0.25, 0.3) is 10.0 Å². The van der Waals surface area contributed by atoms with E-state index >= 15 is 0 Å². The van der Waals surface area contributed by atoms with Gasteiger partial charge in [-0.05, 0) is 12.1 Å². The fourth-order valence-electron chi connectivity index (χ4n) is 1.23. The molecule has 1 rings (SSSR count). The number of hydrogen-bond donors (Lipinski definition) is 2. The van der Waals surface area contributed by atoms with Crippen LogP contribution in [0.2, 0.25) is 0 Å². The number of sulfonamides is 1. The van der Waals surface area contributed by atoms with Gasteiger partial charge in [-0.3, -0.25) is 9.59 Å². The highest BCUT2D eigenvalue weighted by Crippen LogP contribution is 2.15. The Balaban J connectivity index is 3.23. The first-order valence-corrected chi connectivity index (χ1v) is 6.30. The molecule has 8 nitrogen and oxygen atoms in total. The standard InChI is InChI=1S/C9H10FN3O5S/c10-6-2-1-3-12-9(6)19(17,18)13(4-7(11)14)5-8(15)16/h1-3H,4-5H2,(H2,11,14)(H,15,16). The van der Waals surface area contributed by atoms with Crippen molar-refractivity contribution < 1.29 is 27.5 Å². The monoisotopic (exact) mass is 291 g/mol. The number of carbonyl (C=O) groups excluding carboxylic acids is 1. The van der Waals surface area contributed by atoms with Gasteiger partial charge >= 0.3 is 5.97 Å². The van der Waals surface area contributed by atoms with Crippen LogP contribution < -0.4 is 5.73 Å². The zero-order valence-corrected chi connectivity index (χ0v) is 10.3. The Morgan fingerprint density at radius 3 is 2.53 bits per heavy atom. The van der Waals surface area contributed by atoms with Gasteiger partial charge in [-0.15, -0.1) is 0 Å². The van der Waals surface area contributed by atoms with Gasteiger partial charge in [-0.1, -0.05) is 0 Å². The van der Waals surface area contributed by atoms with Crippen molar-refractivity contribution in [2.45, 2.75) is 5.03 Å². The zero-order chi connectivity index (χ0) is 14.6. The Bertz CT molecular complexity index is 588. The lowest BCUT2D eigenvalue weighted by atomic mass is 10.5. The van der Waals surface area contributed by atoms with Crippen molar-refractivity contribution in [3.05, 3.63) is 24.1 Å². The summed E-state index contributed by atoms with van der Waals surface area (Å²) in [7, 11) is -4.56. The lowest BCUT2D eigenvalue weighted by Crippen LogP contribution is -2.42. The molecular weight excluding hydrogens is 281 g/mol. The number of carbonyl (C=O) groups is 2. The van der Waals surface area contributed by atoms with E-state index in [9.17, 15) is 22.4 Å². The lowest BCUT2D eigenvalue weighted by molar-refractivity contribution is -0.137. The molecule has 1 aromatic heterocycles. The highest BCUT2D eigenvalue weighted by molar-refractivity contribution is 7.89. The topological polar surface area (TPSA) is 131 Å². The molecule has 0 fully saturated rings. The van der Waals surface area contributed by atoms with Crippen molar-refractivity contribution in [3.63, 3.8) is 0 Å². The minimum Gasteiger partial charge on any atom is -0.480 e. The van der Waals surface area contributed by atoms with Gasteiger partial charge in [0, 0.05) is 6.20 Å². The van der Waals surface area contributed by atoms with E-state index in [1.165, 1.54) is 6.07 Å². The smallest absolute Gasteiger partial charge is 0.318 e. The third-order valence-electron chi connectivity index (χ3n) is 1.95. The average Bonchev–Trinajstić information content (AvgIpc) is 2.27. The third-order valence-corrected chi connectivity index (χ3v) is 3.68. The molecule has 1 heterocycles. The van der Waals surface area contributed by atoms with E-state index in [0.29, 0.717) is 0 Å². The third kappa shape index (κ3) is 3.69. The minimum absolute atomic E-state index is 0.239. The molecule has 0 spiro atoms. The number of amides is 1. The van der Waals surface area contributed by atoms with Crippen LogP contribution in [0.25, 0.3) is 0 Å². The van der Waals surface area contributed by atoms with Crippen molar-refractivity contribution >= 4 is 21.9 Å². The lowest BCUT2D eigenvalue weighted by Gasteiger charge is -2.18. The summed E-state index contributed by atoms with van der Waals surface area (Å²) >= 11 is 0. The Labute approximate surface area is 107 Å². The summed E-state index contributed by atoms with van der Waals surface area (Å²) in [5.74, 6) is -3.73. The predicted octanol–water partition coefficient (Wildman–Crippen LogP) is -1.22. The van der Waals surface area contributed by atoms with Crippen LogP contribution in [0.15, 0.2) is 23.4 Å². The van der Waals surface area contributed by atoms with Gasteiger partial charge in [0.2, 0.25) is 10.9 Å². The number of pyridine rings is 1. The maximum atomic E-state index is 13.4. The van der Waals surface area contributed by atoms with E-state index in [-0.39, 0.29) is 4.31 Å². The molecule has 1 aromatic rings. The molecule has 0 saturated heterocycles. The van der Waals surface area contributed by atoms with E-state index in [0.717, 1.165) is 12.3 Å².